The molecule has 1 unspecified atom stereocenters. The van der Waals surface area contributed by atoms with E-state index in [-0.39, 0.29) is 6.04 Å². The van der Waals surface area contributed by atoms with Gasteiger partial charge in [-0.2, -0.15) is 0 Å². The third kappa shape index (κ3) is 5.52. The molecule has 0 radical (unpaired) electrons. The van der Waals surface area contributed by atoms with Gasteiger partial charge in [0.1, 0.15) is 0 Å². The lowest BCUT2D eigenvalue weighted by atomic mass is 10.4. The highest BCUT2D eigenvalue weighted by Crippen LogP contribution is 1.79. The van der Waals surface area contributed by atoms with E-state index in [0.717, 1.165) is 0 Å². The number of hydrogen-bond acceptors (Lipinski definition) is 2. The van der Waals surface area contributed by atoms with E-state index in [1.54, 1.807) is 7.11 Å². The first-order valence-corrected chi connectivity index (χ1v) is 3.12. The van der Waals surface area contributed by atoms with Crippen molar-refractivity contribution in [2.24, 2.45) is 5.73 Å². The molecule has 0 spiro atoms. The van der Waals surface area contributed by atoms with Crippen molar-refractivity contribution < 1.29 is 4.74 Å². The minimum atomic E-state index is 0.201. The Bertz CT molecular complexity index is 97.0. The first-order chi connectivity index (χ1) is 4.16. The zero-order chi connectivity index (χ0) is 7.28. The second-order valence-corrected chi connectivity index (χ2v) is 2.30. The van der Waals surface area contributed by atoms with Gasteiger partial charge >= 0.3 is 0 Å². The van der Waals surface area contributed by atoms with Gasteiger partial charge in [0, 0.05) is 13.2 Å². The van der Waals surface area contributed by atoms with Crippen LogP contribution in [0.4, 0.5) is 0 Å². The van der Waals surface area contributed by atoms with Crippen molar-refractivity contribution >= 4 is 17.3 Å². The van der Waals surface area contributed by atoms with Gasteiger partial charge in [-0.3, -0.25) is 0 Å². The maximum atomic E-state index is 5.19. The number of methoxy groups -OCH3 is 1. The average Bonchev–Trinajstić information content (AvgIpc) is 1.63. The van der Waals surface area contributed by atoms with Crippen LogP contribution in [0.25, 0.3) is 0 Å². The van der Waals surface area contributed by atoms with Gasteiger partial charge in [0.2, 0.25) is 0 Å². The summed E-state index contributed by atoms with van der Waals surface area (Å²) in [7, 11) is 1.64. The molecule has 0 heterocycles. The van der Waals surface area contributed by atoms with Crippen LogP contribution in [0.15, 0.2) is 0 Å². The summed E-state index contributed by atoms with van der Waals surface area (Å²) in [5.41, 5.74) is 5.19. The molecule has 0 fully saturated rings. The summed E-state index contributed by atoms with van der Waals surface area (Å²) < 4.78 is 4.83. The fourth-order valence-corrected chi connectivity index (χ4v) is 0.736. The molecule has 4 heteroatoms. The topological polar surface area (TPSA) is 47.3 Å². The molecule has 9 heavy (non-hydrogen) atoms. The van der Waals surface area contributed by atoms with Gasteiger partial charge in [-0.25, -0.2) is 0 Å². The maximum absolute atomic E-state index is 5.19. The lowest BCUT2D eigenvalue weighted by Gasteiger charge is -2.11. The standard InChI is InChI=1S/C5H12N2OS/c1-4(3-8-2)7-5(6)9/h4H,3H2,1-2H3,(H3,6,7,9). The van der Waals surface area contributed by atoms with E-state index in [1.165, 1.54) is 0 Å². The minimum absolute atomic E-state index is 0.201. The lowest BCUT2D eigenvalue weighted by Crippen LogP contribution is -2.38. The van der Waals surface area contributed by atoms with E-state index >= 15 is 0 Å². The van der Waals surface area contributed by atoms with Crippen molar-refractivity contribution in [3.63, 3.8) is 0 Å². The van der Waals surface area contributed by atoms with Crippen LogP contribution in [0.2, 0.25) is 0 Å². The monoisotopic (exact) mass is 148 g/mol. The van der Waals surface area contributed by atoms with Crippen molar-refractivity contribution in [3.05, 3.63) is 0 Å². The molecular weight excluding hydrogens is 136 g/mol. The van der Waals surface area contributed by atoms with Gasteiger partial charge in [0.25, 0.3) is 0 Å². The zero-order valence-corrected chi connectivity index (χ0v) is 6.49. The Hall–Kier alpha value is -0.350. The van der Waals surface area contributed by atoms with Crippen LogP contribution in [0.5, 0.6) is 0 Å². The van der Waals surface area contributed by atoms with Crippen molar-refractivity contribution in [2.75, 3.05) is 13.7 Å². The van der Waals surface area contributed by atoms with Crippen LogP contribution in [-0.2, 0) is 4.74 Å². The fraction of sp³-hybridized carbons (Fsp3) is 0.800. The molecule has 54 valence electrons. The van der Waals surface area contributed by atoms with E-state index in [0.29, 0.717) is 11.7 Å². The summed E-state index contributed by atoms with van der Waals surface area (Å²) >= 11 is 4.60. The van der Waals surface area contributed by atoms with E-state index in [2.05, 4.69) is 17.5 Å². The Kier molecular flexibility index (Phi) is 4.35. The van der Waals surface area contributed by atoms with Crippen LogP contribution in [0.1, 0.15) is 6.92 Å². The molecule has 0 saturated carbocycles. The smallest absolute Gasteiger partial charge is 0.163 e. The third-order valence-corrected chi connectivity index (χ3v) is 0.923. The van der Waals surface area contributed by atoms with E-state index in [1.807, 2.05) is 6.92 Å². The van der Waals surface area contributed by atoms with Gasteiger partial charge in [-0.05, 0) is 19.1 Å². The van der Waals surface area contributed by atoms with Gasteiger partial charge in [-0.1, -0.05) is 0 Å². The number of nitrogens with one attached hydrogen (secondary N) is 1. The van der Waals surface area contributed by atoms with Crippen LogP contribution in [0, 0.1) is 0 Å². The molecule has 0 bridgehead atoms. The van der Waals surface area contributed by atoms with Crippen molar-refractivity contribution in [2.45, 2.75) is 13.0 Å². The highest BCUT2D eigenvalue weighted by Gasteiger charge is 1.98. The molecular formula is C5H12N2OS. The molecule has 0 aromatic carbocycles. The average molecular weight is 148 g/mol. The van der Waals surface area contributed by atoms with E-state index in [4.69, 9.17) is 10.5 Å². The highest BCUT2D eigenvalue weighted by atomic mass is 32.1. The quantitative estimate of drug-likeness (QED) is 0.547. The minimum Gasteiger partial charge on any atom is -0.383 e. The predicted molar refractivity (Wildman–Crippen MR) is 41.3 cm³/mol. The normalized spacial score (nSPS) is 12.7. The number of thiocarbonyl (C=S) groups is 1. The van der Waals surface area contributed by atoms with Crippen molar-refractivity contribution in [3.8, 4) is 0 Å². The van der Waals surface area contributed by atoms with Crippen LogP contribution in [0.3, 0.4) is 0 Å². The molecule has 0 amide bonds. The van der Waals surface area contributed by atoms with Gasteiger partial charge in [-0.15, -0.1) is 0 Å². The lowest BCUT2D eigenvalue weighted by molar-refractivity contribution is 0.179. The molecule has 0 aliphatic heterocycles. The number of nitrogens with two attached hydrogens (primary N) is 1. The molecule has 0 aromatic heterocycles. The fourth-order valence-electron chi connectivity index (χ4n) is 0.535. The Morgan fingerprint density at radius 2 is 2.44 bits per heavy atom. The zero-order valence-electron chi connectivity index (χ0n) is 5.68. The summed E-state index contributed by atoms with van der Waals surface area (Å²) in [5.74, 6) is 0. The Balaban J connectivity index is 3.26. The summed E-state index contributed by atoms with van der Waals surface area (Å²) in [6.45, 7) is 2.57. The molecule has 0 aliphatic rings. The molecule has 0 rings (SSSR count). The Morgan fingerprint density at radius 1 is 1.89 bits per heavy atom. The first-order valence-electron chi connectivity index (χ1n) is 2.71. The molecule has 3 N–H and O–H groups in total. The second kappa shape index (κ2) is 4.52. The van der Waals surface area contributed by atoms with Crippen molar-refractivity contribution in [1.82, 2.24) is 5.32 Å². The largest absolute Gasteiger partial charge is 0.383 e. The molecule has 0 aromatic rings. The molecule has 3 nitrogen and oxygen atoms in total. The maximum Gasteiger partial charge on any atom is 0.163 e. The summed E-state index contributed by atoms with van der Waals surface area (Å²) in [5, 5.41) is 3.15. The van der Waals surface area contributed by atoms with Gasteiger partial charge in [0.05, 0.1) is 6.61 Å². The number of ether oxygens (including phenoxy) is 1. The Labute approximate surface area is 60.6 Å². The SMILES string of the molecule is COCC(C)NC(N)=S. The van der Waals surface area contributed by atoms with Crippen molar-refractivity contribution in [1.29, 1.82) is 0 Å². The molecule has 0 aliphatic carbocycles. The van der Waals surface area contributed by atoms with Gasteiger partial charge < -0.3 is 15.8 Å². The van der Waals surface area contributed by atoms with Crippen LogP contribution < -0.4 is 11.1 Å². The number of rotatable bonds is 3. The second-order valence-electron chi connectivity index (χ2n) is 1.86. The van der Waals surface area contributed by atoms with Crippen LogP contribution in [-0.4, -0.2) is 24.9 Å². The van der Waals surface area contributed by atoms with E-state index < -0.39 is 0 Å². The highest BCUT2D eigenvalue weighted by molar-refractivity contribution is 7.80. The summed E-state index contributed by atoms with van der Waals surface area (Å²) in [4.78, 5) is 0. The van der Waals surface area contributed by atoms with Crippen LogP contribution >= 0.6 is 12.2 Å². The Morgan fingerprint density at radius 3 is 2.78 bits per heavy atom. The molecule has 1 atom stereocenters. The first kappa shape index (κ1) is 8.65. The van der Waals surface area contributed by atoms with E-state index in [9.17, 15) is 0 Å². The molecule has 0 saturated heterocycles. The predicted octanol–water partition coefficient (Wildman–Crippen LogP) is -0.145. The summed E-state index contributed by atoms with van der Waals surface area (Å²) in [6.07, 6.45) is 0. The number of hydrogen-bond donors (Lipinski definition) is 2. The third-order valence-electron chi connectivity index (χ3n) is 0.805. The summed E-state index contributed by atoms with van der Waals surface area (Å²) in [6, 6.07) is 0.201. The van der Waals surface area contributed by atoms with Gasteiger partial charge in [0.15, 0.2) is 5.11 Å².